The molecule has 1 fully saturated rings. The van der Waals surface area contributed by atoms with Crippen molar-refractivity contribution in [2.75, 3.05) is 39.4 Å². The third-order valence-electron chi connectivity index (χ3n) is 3.21. The largest absolute Gasteiger partial charge is 0.456 e. The molecular weight excluding hydrogens is 234 g/mol. The number of cyclic esters (lactones) is 1. The number of rotatable bonds is 7. The molecule has 0 aromatic rings. The third-order valence-corrected chi connectivity index (χ3v) is 3.21. The summed E-state index contributed by atoms with van der Waals surface area (Å²) in [7, 11) is 0. The normalized spacial score (nSPS) is 26.2. The van der Waals surface area contributed by atoms with Crippen LogP contribution in [0.4, 0.5) is 0 Å². The fourth-order valence-electron chi connectivity index (χ4n) is 2.47. The predicted molar refractivity (Wildman–Crippen MR) is 68.1 cm³/mol. The van der Waals surface area contributed by atoms with E-state index in [0.717, 1.165) is 19.5 Å². The Morgan fingerprint density at radius 3 is 2.78 bits per heavy atom. The van der Waals surface area contributed by atoms with Gasteiger partial charge in [-0.15, -0.1) is 0 Å². The van der Waals surface area contributed by atoms with Crippen LogP contribution in [0.2, 0.25) is 0 Å². The second kappa shape index (κ2) is 7.07. The number of quaternary nitrogens is 1. The van der Waals surface area contributed by atoms with Crippen molar-refractivity contribution >= 4 is 5.97 Å². The summed E-state index contributed by atoms with van der Waals surface area (Å²) in [4.78, 5) is 11.5. The standard InChI is InChI=1S/C13H26NO4/c1-4-5-14(6-7-17-13(16)9-14)8-12(15)10-18-11(2)3/h11-12,15H,4-10H2,1-3H3/q+1. The molecule has 1 N–H and O–H groups in total. The third kappa shape index (κ3) is 4.92. The molecule has 5 nitrogen and oxygen atoms in total. The molecule has 0 aromatic heterocycles. The van der Waals surface area contributed by atoms with Crippen LogP contribution in [-0.4, -0.2) is 67.2 Å². The molecule has 1 rings (SSSR count). The van der Waals surface area contributed by atoms with Crippen LogP contribution < -0.4 is 0 Å². The maximum atomic E-state index is 11.5. The van der Waals surface area contributed by atoms with Crippen molar-refractivity contribution in [2.45, 2.75) is 39.4 Å². The molecule has 0 spiro atoms. The number of carbonyl (C=O) groups is 1. The molecule has 0 aliphatic carbocycles. The first-order chi connectivity index (χ1) is 8.47. The topological polar surface area (TPSA) is 55.8 Å². The van der Waals surface area contributed by atoms with Gasteiger partial charge in [-0.25, -0.2) is 4.79 Å². The van der Waals surface area contributed by atoms with Gasteiger partial charge in [-0.2, -0.15) is 0 Å². The molecule has 1 aliphatic heterocycles. The van der Waals surface area contributed by atoms with Gasteiger partial charge in [-0.1, -0.05) is 6.92 Å². The Morgan fingerprint density at radius 2 is 2.22 bits per heavy atom. The molecule has 5 heteroatoms. The molecule has 0 radical (unpaired) electrons. The van der Waals surface area contributed by atoms with Crippen molar-refractivity contribution < 1.29 is 23.9 Å². The van der Waals surface area contributed by atoms with E-state index in [-0.39, 0.29) is 12.1 Å². The second-order valence-electron chi connectivity index (χ2n) is 5.39. The van der Waals surface area contributed by atoms with Gasteiger partial charge in [-0.05, 0) is 20.3 Å². The molecule has 106 valence electrons. The number of carbonyl (C=O) groups excluding carboxylic acids is 1. The average Bonchev–Trinajstić information content (AvgIpc) is 2.26. The molecule has 1 heterocycles. The number of hydrogen-bond donors (Lipinski definition) is 1. The monoisotopic (exact) mass is 260 g/mol. The van der Waals surface area contributed by atoms with E-state index in [2.05, 4.69) is 6.92 Å². The lowest BCUT2D eigenvalue weighted by Crippen LogP contribution is -2.60. The van der Waals surface area contributed by atoms with E-state index in [4.69, 9.17) is 9.47 Å². The van der Waals surface area contributed by atoms with Crippen LogP contribution in [0.15, 0.2) is 0 Å². The van der Waals surface area contributed by atoms with Crippen molar-refractivity contribution in [3.8, 4) is 0 Å². The van der Waals surface area contributed by atoms with Crippen LogP contribution in [0, 0.1) is 0 Å². The van der Waals surface area contributed by atoms with Crippen LogP contribution in [0.1, 0.15) is 27.2 Å². The van der Waals surface area contributed by atoms with Crippen LogP contribution in [0.25, 0.3) is 0 Å². The number of morpholine rings is 1. The van der Waals surface area contributed by atoms with E-state index < -0.39 is 6.10 Å². The fourth-order valence-corrected chi connectivity index (χ4v) is 2.47. The van der Waals surface area contributed by atoms with Gasteiger partial charge < -0.3 is 19.1 Å². The number of nitrogens with zero attached hydrogens (tertiary/aromatic N) is 1. The molecule has 18 heavy (non-hydrogen) atoms. The lowest BCUT2D eigenvalue weighted by molar-refractivity contribution is -0.928. The number of aliphatic hydroxyl groups excluding tert-OH is 1. The molecule has 0 saturated carbocycles. The highest BCUT2D eigenvalue weighted by atomic mass is 16.5. The Morgan fingerprint density at radius 1 is 1.50 bits per heavy atom. The molecule has 1 aliphatic rings. The second-order valence-corrected chi connectivity index (χ2v) is 5.39. The van der Waals surface area contributed by atoms with Crippen molar-refractivity contribution in [2.24, 2.45) is 0 Å². The molecular formula is C13H26NO4+. The summed E-state index contributed by atoms with van der Waals surface area (Å²) in [5.41, 5.74) is 0. The minimum atomic E-state index is -0.523. The molecule has 0 aromatic carbocycles. The van der Waals surface area contributed by atoms with Crippen LogP contribution in [-0.2, 0) is 14.3 Å². The summed E-state index contributed by atoms with van der Waals surface area (Å²) < 4.78 is 11.0. The van der Waals surface area contributed by atoms with Crippen molar-refractivity contribution in [3.63, 3.8) is 0 Å². The maximum absolute atomic E-state index is 11.5. The number of hydrogen-bond acceptors (Lipinski definition) is 4. The zero-order valence-corrected chi connectivity index (χ0v) is 11.7. The van der Waals surface area contributed by atoms with E-state index in [1.54, 1.807) is 0 Å². The first-order valence-corrected chi connectivity index (χ1v) is 6.78. The lowest BCUT2D eigenvalue weighted by atomic mass is 10.2. The van der Waals surface area contributed by atoms with Crippen molar-refractivity contribution in [3.05, 3.63) is 0 Å². The number of aliphatic hydroxyl groups is 1. The smallest absolute Gasteiger partial charge is 0.362 e. The maximum Gasteiger partial charge on any atom is 0.362 e. The Labute approximate surface area is 109 Å². The Kier molecular flexibility index (Phi) is 6.05. The van der Waals surface area contributed by atoms with Gasteiger partial charge in [0.15, 0.2) is 6.54 Å². The van der Waals surface area contributed by atoms with Gasteiger partial charge in [-0.3, -0.25) is 0 Å². The summed E-state index contributed by atoms with van der Waals surface area (Å²) in [6.45, 7) is 9.39. The van der Waals surface area contributed by atoms with E-state index >= 15 is 0 Å². The Balaban J connectivity index is 2.53. The average molecular weight is 260 g/mol. The highest BCUT2D eigenvalue weighted by Crippen LogP contribution is 2.15. The van der Waals surface area contributed by atoms with E-state index in [9.17, 15) is 9.90 Å². The Hall–Kier alpha value is -0.650. The van der Waals surface area contributed by atoms with Gasteiger partial charge in [0, 0.05) is 0 Å². The highest BCUT2D eigenvalue weighted by molar-refractivity contribution is 5.71. The van der Waals surface area contributed by atoms with E-state index in [1.165, 1.54) is 0 Å². The van der Waals surface area contributed by atoms with Crippen molar-refractivity contribution in [1.82, 2.24) is 0 Å². The van der Waals surface area contributed by atoms with Crippen LogP contribution in [0.3, 0.4) is 0 Å². The summed E-state index contributed by atoms with van der Waals surface area (Å²) in [5.74, 6) is -0.160. The molecule has 2 atom stereocenters. The summed E-state index contributed by atoms with van der Waals surface area (Å²) >= 11 is 0. The lowest BCUT2D eigenvalue weighted by Gasteiger charge is -2.41. The van der Waals surface area contributed by atoms with Crippen LogP contribution >= 0.6 is 0 Å². The highest BCUT2D eigenvalue weighted by Gasteiger charge is 2.36. The van der Waals surface area contributed by atoms with Gasteiger partial charge in [0.2, 0.25) is 0 Å². The number of esters is 1. The van der Waals surface area contributed by atoms with E-state index in [0.29, 0.717) is 30.8 Å². The predicted octanol–water partition coefficient (Wildman–Crippen LogP) is 0.556. The summed E-state index contributed by atoms with van der Waals surface area (Å²) in [6.07, 6.45) is 0.584. The molecule has 2 unspecified atom stereocenters. The minimum Gasteiger partial charge on any atom is -0.456 e. The van der Waals surface area contributed by atoms with Gasteiger partial charge >= 0.3 is 5.97 Å². The van der Waals surface area contributed by atoms with Crippen molar-refractivity contribution in [1.29, 1.82) is 0 Å². The van der Waals surface area contributed by atoms with Gasteiger partial charge in [0.1, 0.15) is 25.8 Å². The van der Waals surface area contributed by atoms with Gasteiger partial charge in [0.25, 0.3) is 0 Å². The molecule has 0 amide bonds. The summed E-state index contributed by atoms with van der Waals surface area (Å²) in [6, 6.07) is 0. The Bertz CT molecular complexity index is 266. The SMILES string of the molecule is CCC[N+]1(CC(O)COC(C)C)CCOC(=O)C1. The van der Waals surface area contributed by atoms with E-state index in [1.807, 2.05) is 13.8 Å². The molecule has 1 saturated heterocycles. The number of ether oxygens (including phenoxy) is 2. The zero-order valence-electron chi connectivity index (χ0n) is 11.7. The first-order valence-electron chi connectivity index (χ1n) is 6.78. The van der Waals surface area contributed by atoms with Gasteiger partial charge in [0.05, 0.1) is 19.3 Å². The quantitative estimate of drug-likeness (QED) is 0.537. The zero-order chi connectivity index (χ0) is 13.6. The minimum absolute atomic E-state index is 0.116. The van der Waals surface area contributed by atoms with Crippen LogP contribution in [0.5, 0.6) is 0 Å². The first kappa shape index (κ1) is 15.4. The summed E-state index contributed by atoms with van der Waals surface area (Å²) in [5, 5.41) is 10.0. The molecule has 0 bridgehead atoms. The fraction of sp³-hybridized carbons (Fsp3) is 0.923.